The second-order valence-electron chi connectivity index (χ2n) is 6.52. The van der Waals surface area contributed by atoms with E-state index in [1.165, 1.54) is 28.4 Å². The first-order valence-electron chi connectivity index (χ1n) is 8.42. The molecule has 2 atom stereocenters. The summed E-state index contributed by atoms with van der Waals surface area (Å²) >= 11 is 6.31. The Morgan fingerprint density at radius 1 is 1.22 bits per heavy atom. The Kier molecular flexibility index (Phi) is 4.40. The number of carbonyl (C=O) groups is 2. The third-order valence-corrected chi connectivity index (χ3v) is 5.20. The number of pyridine rings is 1. The molecule has 0 spiro atoms. The van der Waals surface area contributed by atoms with Gasteiger partial charge in [-0.15, -0.1) is 0 Å². The minimum atomic E-state index is -1.04. The van der Waals surface area contributed by atoms with Crippen LogP contribution in [0.4, 0.5) is 10.6 Å². The smallest absolute Gasteiger partial charge is 0.407 e. The third-order valence-electron chi connectivity index (χ3n) is 4.91. The summed E-state index contributed by atoms with van der Waals surface area (Å²) in [7, 11) is 1.92. The van der Waals surface area contributed by atoms with Crippen molar-refractivity contribution in [3.8, 4) is 0 Å². The SMILES string of the molecule is CN1CCN(C(=O)O)C(C2c3nccnc3C(=O)N2c2ncccc2Cl)C1. The summed E-state index contributed by atoms with van der Waals surface area (Å²) in [6.07, 6.45) is 3.45. The lowest BCUT2D eigenvalue weighted by atomic mass is 10.0. The average molecular weight is 389 g/mol. The van der Waals surface area contributed by atoms with Gasteiger partial charge in [-0.1, -0.05) is 11.6 Å². The molecule has 0 saturated carbocycles. The van der Waals surface area contributed by atoms with Gasteiger partial charge in [-0.3, -0.25) is 14.7 Å². The Morgan fingerprint density at radius 2 is 2.00 bits per heavy atom. The number of likely N-dealkylation sites (N-methyl/N-ethyl adjacent to an activating group) is 1. The Hall–Kier alpha value is -2.78. The molecule has 27 heavy (non-hydrogen) atoms. The fourth-order valence-electron chi connectivity index (χ4n) is 3.69. The van der Waals surface area contributed by atoms with Gasteiger partial charge < -0.3 is 14.9 Å². The number of carbonyl (C=O) groups excluding carboxylic acids is 1. The number of hydrogen-bond acceptors (Lipinski definition) is 6. The van der Waals surface area contributed by atoms with E-state index in [4.69, 9.17) is 11.6 Å². The second kappa shape index (κ2) is 6.75. The van der Waals surface area contributed by atoms with E-state index < -0.39 is 18.2 Å². The fraction of sp³-hybridized carbons (Fsp3) is 0.353. The van der Waals surface area contributed by atoms with Crippen LogP contribution in [0.25, 0.3) is 0 Å². The zero-order valence-electron chi connectivity index (χ0n) is 14.5. The Bertz CT molecular complexity index is 910. The van der Waals surface area contributed by atoms with Crippen molar-refractivity contribution in [1.29, 1.82) is 0 Å². The van der Waals surface area contributed by atoms with E-state index >= 15 is 0 Å². The lowest BCUT2D eigenvalue weighted by Gasteiger charge is -2.43. The van der Waals surface area contributed by atoms with E-state index in [2.05, 4.69) is 15.0 Å². The molecule has 2 aliphatic rings. The topological polar surface area (TPSA) is 103 Å². The van der Waals surface area contributed by atoms with Gasteiger partial charge in [-0.2, -0.15) is 0 Å². The zero-order chi connectivity index (χ0) is 19.1. The number of anilines is 1. The molecule has 4 heterocycles. The van der Waals surface area contributed by atoms with Crippen LogP contribution in [-0.2, 0) is 0 Å². The number of nitrogens with zero attached hydrogens (tertiary/aromatic N) is 6. The molecular weight excluding hydrogens is 372 g/mol. The van der Waals surface area contributed by atoms with Gasteiger partial charge in [0.1, 0.15) is 6.04 Å². The van der Waals surface area contributed by atoms with Gasteiger partial charge in [0.2, 0.25) is 0 Å². The average Bonchev–Trinajstić information content (AvgIpc) is 2.94. The van der Waals surface area contributed by atoms with Gasteiger partial charge in [0.05, 0.1) is 16.8 Å². The number of hydrogen-bond donors (Lipinski definition) is 1. The van der Waals surface area contributed by atoms with Crippen LogP contribution in [0.3, 0.4) is 0 Å². The molecule has 0 bridgehead atoms. The maximum Gasteiger partial charge on any atom is 0.407 e. The maximum atomic E-state index is 13.1. The van der Waals surface area contributed by atoms with Crippen LogP contribution in [0.2, 0.25) is 5.02 Å². The Labute approximate surface area is 160 Å². The second-order valence-corrected chi connectivity index (χ2v) is 6.93. The summed E-state index contributed by atoms with van der Waals surface area (Å²) in [5.74, 6) is -0.116. The summed E-state index contributed by atoms with van der Waals surface area (Å²) in [5, 5.41) is 10.0. The first-order chi connectivity index (χ1) is 13.0. The molecule has 0 aliphatic carbocycles. The molecule has 1 fully saturated rings. The molecule has 1 N–H and O–H groups in total. The van der Waals surface area contributed by atoms with Crippen molar-refractivity contribution < 1.29 is 14.7 Å². The highest BCUT2D eigenvalue weighted by Gasteiger charge is 2.49. The molecule has 2 amide bonds. The van der Waals surface area contributed by atoms with E-state index in [-0.39, 0.29) is 17.4 Å². The molecule has 9 nitrogen and oxygen atoms in total. The summed E-state index contributed by atoms with van der Waals surface area (Å²) in [6, 6.07) is 2.12. The first kappa shape index (κ1) is 17.6. The third kappa shape index (κ3) is 2.88. The predicted octanol–water partition coefficient (Wildman–Crippen LogP) is 1.52. The van der Waals surface area contributed by atoms with Gasteiger partial charge in [0.25, 0.3) is 5.91 Å². The molecular formula is C17H17ClN6O3. The van der Waals surface area contributed by atoms with Crippen molar-refractivity contribution in [2.24, 2.45) is 0 Å². The van der Waals surface area contributed by atoms with Crippen molar-refractivity contribution in [2.75, 3.05) is 31.6 Å². The van der Waals surface area contributed by atoms with E-state index in [0.717, 1.165) is 0 Å². The summed E-state index contributed by atoms with van der Waals surface area (Å²) in [4.78, 5) is 42.6. The van der Waals surface area contributed by atoms with Gasteiger partial charge in [0, 0.05) is 38.2 Å². The molecule has 2 aliphatic heterocycles. The van der Waals surface area contributed by atoms with E-state index in [1.807, 2.05) is 11.9 Å². The molecule has 1 saturated heterocycles. The lowest BCUT2D eigenvalue weighted by Crippen LogP contribution is -2.58. The van der Waals surface area contributed by atoms with Crippen LogP contribution in [0.15, 0.2) is 30.7 Å². The number of halogens is 1. The van der Waals surface area contributed by atoms with Crippen molar-refractivity contribution in [3.05, 3.63) is 47.1 Å². The summed E-state index contributed by atoms with van der Waals surface area (Å²) < 4.78 is 0. The van der Waals surface area contributed by atoms with E-state index in [0.29, 0.717) is 30.4 Å². The van der Waals surface area contributed by atoms with Crippen molar-refractivity contribution in [2.45, 2.75) is 12.1 Å². The van der Waals surface area contributed by atoms with Gasteiger partial charge >= 0.3 is 6.09 Å². The monoisotopic (exact) mass is 388 g/mol. The van der Waals surface area contributed by atoms with E-state index in [1.54, 1.807) is 12.1 Å². The van der Waals surface area contributed by atoms with Crippen LogP contribution in [-0.4, -0.2) is 74.6 Å². The van der Waals surface area contributed by atoms with Gasteiger partial charge in [0.15, 0.2) is 11.5 Å². The number of carboxylic acid groups (broad SMARTS) is 1. The molecule has 2 unspecified atom stereocenters. The van der Waals surface area contributed by atoms with E-state index in [9.17, 15) is 14.7 Å². The summed E-state index contributed by atoms with van der Waals surface area (Å²) in [5.41, 5.74) is 0.638. The molecule has 140 valence electrons. The van der Waals surface area contributed by atoms with Gasteiger partial charge in [-0.05, 0) is 19.2 Å². The summed E-state index contributed by atoms with van der Waals surface area (Å²) in [6.45, 7) is 1.39. The highest BCUT2D eigenvalue weighted by Crippen LogP contribution is 2.41. The lowest BCUT2D eigenvalue weighted by molar-refractivity contribution is 0.0643. The normalized spacial score (nSPS) is 22.8. The number of piperazine rings is 1. The van der Waals surface area contributed by atoms with Crippen LogP contribution in [0.5, 0.6) is 0 Å². The Balaban J connectivity index is 1.87. The van der Waals surface area contributed by atoms with Gasteiger partial charge in [-0.25, -0.2) is 14.8 Å². The minimum Gasteiger partial charge on any atom is -0.465 e. The molecule has 0 aromatic carbocycles. The van der Waals surface area contributed by atoms with Crippen LogP contribution in [0.1, 0.15) is 22.2 Å². The van der Waals surface area contributed by atoms with Crippen molar-refractivity contribution >= 4 is 29.4 Å². The fourth-order valence-corrected chi connectivity index (χ4v) is 3.90. The largest absolute Gasteiger partial charge is 0.465 e. The van der Waals surface area contributed by atoms with Crippen LogP contribution < -0.4 is 4.90 Å². The highest BCUT2D eigenvalue weighted by atomic mass is 35.5. The number of aromatic nitrogens is 3. The first-order valence-corrected chi connectivity index (χ1v) is 8.80. The predicted molar refractivity (Wildman–Crippen MR) is 96.8 cm³/mol. The molecule has 0 radical (unpaired) electrons. The highest BCUT2D eigenvalue weighted by molar-refractivity contribution is 6.33. The number of fused-ring (bicyclic) bond motifs is 1. The van der Waals surface area contributed by atoms with Crippen LogP contribution >= 0.6 is 11.6 Å². The molecule has 4 rings (SSSR count). The number of amides is 2. The van der Waals surface area contributed by atoms with Crippen molar-refractivity contribution in [1.82, 2.24) is 24.8 Å². The Morgan fingerprint density at radius 3 is 2.74 bits per heavy atom. The van der Waals surface area contributed by atoms with Crippen LogP contribution in [0, 0.1) is 0 Å². The quantitative estimate of drug-likeness (QED) is 0.831. The molecule has 10 heteroatoms. The minimum absolute atomic E-state index is 0.197. The zero-order valence-corrected chi connectivity index (χ0v) is 15.2. The maximum absolute atomic E-state index is 13.1. The molecule has 2 aromatic heterocycles. The molecule has 2 aromatic rings. The standard InChI is InChI=1S/C17H17ClN6O3/c1-22-7-8-23(17(26)27)11(9-22)14-12-13(20-6-5-19-12)16(25)24(14)15-10(18)3-2-4-21-15/h2-6,11,14H,7-9H2,1H3,(H,26,27). The van der Waals surface area contributed by atoms with Crippen molar-refractivity contribution in [3.63, 3.8) is 0 Å². The number of rotatable bonds is 2.